The van der Waals surface area contributed by atoms with Crippen molar-refractivity contribution in [1.82, 2.24) is 5.01 Å². The van der Waals surface area contributed by atoms with Crippen LogP contribution < -0.4 is 4.90 Å². The van der Waals surface area contributed by atoms with E-state index in [4.69, 9.17) is 0 Å². The fraction of sp³-hybridized carbons (Fsp3) is 0.556. The molecule has 1 saturated carbocycles. The van der Waals surface area contributed by atoms with Gasteiger partial charge < -0.3 is 10.0 Å². The van der Waals surface area contributed by atoms with Crippen molar-refractivity contribution in [1.29, 1.82) is 0 Å². The van der Waals surface area contributed by atoms with E-state index in [0.717, 1.165) is 5.69 Å². The summed E-state index contributed by atoms with van der Waals surface area (Å²) in [6.45, 7) is 1.85. The van der Waals surface area contributed by atoms with Gasteiger partial charge in [-0.2, -0.15) is 23.3 Å². The Balaban J connectivity index is 1.98. The number of alkyl halides is 3. The van der Waals surface area contributed by atoms with Crippen LogP contribution in [0.5, 0.6) is 0 Å². The number of halogens is 3. The average molecular weight is 369 g/mol. The van der Waals surface area contributed by atoms with Crippen molar-refractivity contribution in [2.45, 2.75) is 38.1 Å². The first-order chi connectivity index (χ1) is 12.1. The zero-order valence-corrected chi connectivity index (χ0v) is 14.9. The number of anilines is 1. The number of hydrogen-bond acceptors (Lipinski definition) is 4. The zero-order valence-electron chi connectivity index (χ0n) is 14.9. The molecule has 1 fully saturated rings. The summed E-state index contributed by atoms with van der Waals surface area (Å²) >= 11 is 0. The minimum absolute atomic E-state index is 0.0299. The fourth-order valence-electron chi connectivity index (χ4n) is 3.64. The summed E-state index contributed by atoms with van der Waals surface area (Å²) in [4.78, 5) is 14.6. The van der Waals surface area contributed by atoms with Gasteiger partial charge in [0, 0.05) is 31.1 Å². The molecule has 3 atom stereocenters. The highest BCUT2D eigenvalue weighted by Crippen LogP contribution is 2.49. The molecule has 2 aliphatic rings. The molecule has 1 aliphatic heterocycles. The molecule has 0 spiro atoms. The highest BCUT2D eigenvalue weighted by molar-refractivity contribution is 5.99. The topological polar surface area (TPSA) is 56.1 Å². The van der Waals surface area contributed by atoms with Crippen molar-refractivity contribution in [3.8, 4) is 0 Å². The van der Waals surface area contributed by atoms with Crippen molar-refractivity contribution >= 4 is 17.3 Å². The van der Waals surface area contributed by atoms with Crippen molar-refractivity contribution in [3.63, 3.8) is 0 Å². The number of hydrogen-bond donors (Lipinski definition) is 1. The second kappa shape index (κ2) is 6.26. The van der Waals surface area contributed by atoms with Crippen LogP contribution in [0.1, 0.15) is 36.5 Å². The van der Waals surface area contributed by atoms with Gasteiger partial charge in [0.05, 0.1) is 5.92 Å². The van der Waals surface area contributed by atoms with Gasteiger partial charge in [0.15, 0.2) is 0 Å². The zero-order chi connectivity index (χ0) is 19.3. The van der Waals surface area contributed by atoms with Crippen LogP contribution >= 0.6 is 0 Å². The summed E-state index contributed by atoms with van der Waals surface area (Å²) in [5, 5.41) is 14.8. The molecule has 1 amide bonds. The lowest BCUT2D eigenvalue weighted by Crippen LogP contribution is -2.61. The van der Waals surface area contributed by atoms with E-state index in [9.17, 15) is 23.1 Å². The van der Waals surface area contributed by atoms with Crippen LogP contribution in [-0.4, -0.2) is 47.7 Å². The van der Waals surface area contributed by atoms with Crippen LogP contribution in [0.15, 0.2) is 29.4 Å². The van der Waals surface area contributed by atoms with Gasteiger partial charge in [0.25, 0.3) is 11.6 Å². The van der Waals surface area contributed by atoms with Crippen molar-refractivity contribution in [3.05, 3.63) is 29.8 Å². The number of hydrazone groups is 1. The summed E-state index contributed by atoms with van der Waals surface area (Å²) in [6, 6.07) is 6.16. The first kappa shape index (κ1) is 18.7. The lowest BCUT2D eigenvalue weighted by atomic mass is 9.76. The van der Waals surface area contributed by atoms with E-state index >= 15 is 0 Å². The molecule has 0 saturated heterocycles. The van der Waals surface area contributed by atoms with Gasteiger partial charge in [0.2, 0.25) is 0 Å². The molecule has 1 aromatic carbocycles. The molecular weight excluding hydrogens is 347 g/mol. The second-order valence-electron chi connectivity index (χ2n) is 7.31. The Bertz CT molecular complexity index is 730. The van der Waals surface area contributed by atoms with Crippen LogP contribution in [0, 0.1) is 11.8 Å². The summed E-state index contributed by atoms with van der Waals surface area (Å²) in [6.07, 6.45) is -3.80. The Hall–Kier alpha value is -2.09. The van der Waals surface area contributed by atoms with Gasteiger partial charge in [-0.1, -0.05) is 6.92 Å². The summed E-state index contributed by atoms with van der Waals surface area (Å²) in [5.41, 5.74) is -2.19. The van der Waals surface area contributed by atoms with Gasteiger partial charge in [-0.05, 0) is 49.4 Å². The molecule has 8 heteroatoms. The Labute approximate surface area is 150 Å². The maximum atomic E-state index is 13.8. The number of fused-ring (bicyclic) bond motifs is 1. The molecule has 3 rings (SSSR count). The maximum Gasteiger partial charge on any atom is 0.439 e. The highest BCUT2D eigenvalue weighted by Gasteiger charge is 2.68. The largest absolute Gasteiger partial charge is 0.439 e. The van der Waals surface area contributed by atoms with Gasteiger partial charge >= 0.3 is 6.18 Å². The molecule has 142 valence electrons. The molecule has 3 unspecified atom stereocenters. The van der Waals surface area contributed by atoms with Gasteiger partial charge in [-0.15, -0.1) is 0 Å². The molecule has 1 aliphatic carbocycles. The SMILES string of the molecule is CC1CCC2=NN(C(=O)c3ccc(N(C)C)cc3)C(O)(C(F)(F)F)C2C1. The first-order valence-corrected chi connectivity index (χ1v) is 8.54. The molecule has 0 radical (unpaired) electrons. The lowest BCUT2D eigenvalue weighted by molar-refractivity contribution is -0.313. The predicted octanol–water partition coefficient (Wildman–Crippen LogP) is 3.25. The van der Waals surface area contributed by atoms with E-state index < -0.39 is 23.7 Å². The molecule has 1 N–H and O–H groups in total. The van der Waals surface area contributed by atoms with Gasteiger partial charge in [-0.3, -0.25) is 4.79 Å². The number of carbonyl (C=O) groups is 1. The van der Waals surface area contributed by atoms with E-state index in [2.05, 4.69) is 5.10 Å². The highest BCUT2D eigenvalue weighted by atomic mass is 19.4. The number of benzene rings is 1. The van der Waals surface area contributed by atoms with Crippen molar-refractivity contribution < 1.29 is 23.1 Å². The third kappa shape index (κ3) is 2.86. The van der Waals surface area contributed by atoms with E-state index in [-0.39, 0.29) is 28.6 Å². The average Bonchev–Trinajstić information content (AvgIpc) is 2.88. The minimum atomic E-state index is -5.00. The molecule has 1 aromatic rings. The lowest BCUT2D eigenvalue weighted by Gasteiger charge is -2.39. The number of carbonyl (C=O) groups excluding carboxylic acids is 1. The number of aliphatic hydroxyl groups is 1. The maximum absolute atomic E-state index is 13.8. The van der Waals surface area contributed by atoms with E-state index in [1.807, 2.05) is 25.9 Å². The van der Waals surface area contributed by atoms with E-state index in [0.29, 0.717) is 12.8 Å². The van der Waals surface area contributed by atoms with Crippen LogP contribution in [0.3, 0.4) is 0 Å². The minimum Gasteiger partial charge on any atom is -0.378 e. The normalized spacial score (nSPS) is 28.6. The molecule has 26 heavy (non-hydrogen) atoms. The van der Waals surface area contributed by atoms with E-state index in [1.54, 1.807) is 12.1 Å². The van der Waals surface area contributed by atoms with Crippen molar-refractivity contribution in [2.75, 3.05) is 19.0 Å². The number of rotatable bonds is 2. The first-order valence-electron chi connectivity index (χ1n) is 8.54. The third-order valence-corrected chi connectivity index (χ3v) is 5.21. The Kier molecular flexibility index (Phi) is 4.50. The number of nitrogens with zero attached hydrogens (tertiary/aromatic N) is 3. The standard InChI is InChI=1S/C18H22F3N3O2/c1-11-4-9-15-14(10-11)17(26,18(19,20)21)24(22-15)16(25)12-5-7-13(8-6-12)23(2)3/h5-8,11,14,26H,4,9-10H2,1-3H3. The Morgan fingerprint density at radius 1 is 1.31 bits per heavy atom. The number of amides is 1. The molecular formula is C18H22F3N3O2. The summed E-state index contributed by atoms with van der Waals surface area (Å²) in [5.74, 6) is -2.14. The van der Waals surface area contributed by atoms with Crippen LogP contribution in [0.25, 0.3) is 0 Å². The molecule has 0 aromatic heterocycles. The second-order valence-corrected chi connectivity index (χ2v) is 7.31. The molecule has 0 bridgehead atoms. The van der Waals surface area contributed by atoms with Crippen LogP contribution in [0.2, 0.25) is 0 Å². The predicted molar refractivity (Wildman–Crippen MR) is 91.9 cm³/mol. The summed E-state index contributed by atoms with van der Waals surface area (Å²) < 4.78 is 41.4. The summed E-state index contributed by atoms with van der Waals surface area (Å²) in [7, 11) is 3.63. The molecule has 5 nitrogen and oxygen atoms in total. The van der Waals surface area contributed by atoms with E-state index in [1.165, 1.54) is 12.1 Å². The van der Waals surface area contributed by atoms with Gasteiger partial charge in [-0.25, -0.2) is 0 Å². The Morgan fingerprint density at radius 2 is 1.92 bits per heavy atom. The third-order valence-electron chi connectivity index (χ3n) is 5.21. The fourth-order valence-corrected chi connectivity index (χ4v) is 3.64. The quantitative estimate of drug-likeness (QED) is 0.871. The Morgan fingerprint density at radius 3 is 2.46 bits per heavy atom. The molecule has 1 heterocycles. The van der Waals surface area contributed by atoms with Gasteiger partial charge in [0.1, 0.15) is 0 Å². The van der Waals surface area contributed by atoms with Crippen LogP contribution in [0.4, 0.5) is 18.9 Å². The monoisotopic (exact) mass is 369 g/mol. The van der Waals surface area contributed by atoms with Crippen LogP contribution in [-0.2, 0) is 0 Å². The van der Waals surface area contributed by atoms with Crippen molar-refractivity contribution in [2.24, 2.45) is 16.9 Å². The smallest absolute Gasteiger partial charge is 0.378 e.